The maximum Gasteiger partial charge on any atom is 0.432 e. The van der Waals surface area contributed by atoms with Crippen molar-refractivity contribution in [1.29, 1.82) is 0 Å². The number of hydrogen-bond acceptors (Lipinski definition) is 6. The van der Waals surface area contributed by atoms with Crippen LogP contribution in [0, 0.1) is 5.41 Å². The third-order valence-corrected chi connectivity index (χ3v) is 4.85. The Morgan fingerprint density at radius 3 is 2.46 bits per heavy atom. The van der Waals surface area contributed by atoms with Gasteiger partial charge in [0.15, 0.2) is 5.79 Å². The van der Waals surface area contributed by atoms with E-state index in [1.54, 1.807) is 6.92 Å². The van der Waals surface area contributed by atoms with Crippen molar-refractivity contribution < 1.29 is 36.9 Å². The van der Waals surface area contributed by atoms with Crippen LogP contribution in [-0.2, 0) is 25.2 Å². The van der Waals surface area contributed by atoms with E-state index in [1.165, 1.54) is 0 Å². The minimum atomic E-state index is -4.54. The topological polar surface area (TPSA) is 82.7 Å². The zero-order valence-electron chi connectivity index (χ0n) is 14.4. The van der Waals surface area contributed by atoms with Crippen molar-refractivity contribution in [2.24, 2.45) is 5.41 Å². The number of aromatic nitrogens is 2. The lowest BCUT2D eigenvalue weighted by Crippen LogP contribution is -2.47. The Hall–Kier alpha value is -1.81. The number of rotatable bonds is 5. The molecule has 7 nitrogen and oxygen atoms in total. The normalized spacial score (nSPS) is 21.7. The van der Waals surface area contributed by atoms with Crippen LogP contribution < -0.4 is 4.74 Å². The van der Waals surface area contributed by atoms with Crippen LogP contribution in [0.4, 0.5) is 13.2 Å². The molecule has 2 aliphatic rings. The molecule has 1 saturated heterocycles. The molecule has 1 saturated carbocycles. The van der Waals surface area contributed by atoms with Crippen molar-refractivity contribution in [2.45, 2.75) is 44.6 Å². The Morgan fingerprint density at radius 2 is 1.92 bits per heavy atom. The van der Waals surface area contributed by atoms with Gasteiger partial charge in [0, 0.05) is 18.9 Å². The molecule has 3 rings (SSSR count). The molecule has 2 heterocycles. The number of alkyl halides is 3. The number of nitrogens with one attached hydrogen (secondary N) is 1. The SMILES string of the molecule is CCOC(=O)C1(COc2cc(C(F)(F)F)[nH]n2)CCC2(CC1)OCCO2. The number of hydrogen-bond donors (Lipinski definition) is 1. The summed E-state index contributed by atoms with van der Waals surface area (Å²) in [5, 5.41) is 5.39. The van der Waals surface area contributed by atoms with E-state index in [-0.39, 0.29) is 19.1 Å². The third-order valence-electron chi connectivity index (χ3n) is 4.85. The first kappa shape index (κ1) is 19.0. The lowest BCUT2D eigenvalue weighted by molar-refractivity contribution is -0.202. The zero-order valence-corrected chi connectivity index (χ0v) is 14.4. The first-order valence-electron chi connectivity index (χ1n) is 8.49. The largest absolute Gasteiger partial charge is 0.475 e. The van der Waals surface area contributed by atoms with Gasteiger partial charge in [-0.3, -0.25) is 9.89 Å². The molecule has 0 atom stereocenters. The van der Waals surface area contributed by atoms with Crippen LogP contribution in [0.5, 0.6) is 5.88 Å². The van der Waals surface area contributed by atoms with E-state index < -0.39 is 29.0 Å². The van der Waals surface area contributed by atoms with Gasteiger partial charge in [0.1, 0.15) is 17.7 Å². The first-order chi connectivity index (χ1) is 12.3. The summed E-state index contributed by atoms with van der Waals surface area (Å²) < 4.78 is 59.8. The van der Waals surface area contributed by atoms with Gasteiger partial charge in [-0.05, 0) is 19.8 Å². The quantitative estimate of drug-likeness (QED) is 0.794. The van der Waals surface area contributed by atoms with Crippen LogP contribution in [0.1, 0.15) is 38.3 Å². The maximum absolute atomic E-state index is 12.6. The van der Waals surface area contributed by atoms with Crippen LogP contribution in [0.3, 0.4) is 0 Å². The Labute approximate surface area is 148 Å². The summed E-state index contributed by atoms with van der Waals surface area (Å²) in [5.74, 6) is -1.32. The molecule has 1 spiro atoms. The molecule has 1 aromatic heterocycles. The Kier molecular flexibility index (Phi) is 5.16. The lowest BCUT2D eigenvalue weighted by atomic mass is 9.72. The summed E-state index contributed by atoms with van der Waals surface area (Å²) in [6, 6.07) is 0.770. The van der Waals surface area contributed by atoms with Crippen molar-refractivity contribution >= 4 is 5.97 Å². The van der Waals surface area contributed by atoms with Gasteiger partial charge in [-0.15, -0.1) is 5.10 Å². The van der Waals surface area contributed by atoms with Crippen molar-refractivity contribution in [3.8, 4) is 5.88 Å². The number of esters is 1. The maximum atomic E-state index is 12.6. The molecule has 10 heteroatoms. The van der Waals surface area contributed by atoms with Crippen LogP contribution >= 0.6 is 0 Å². The molecule has 1 aliphatic carbocycles. The Balaban J connectivity index is 1.69. The monoisotopic (exact) mass is 378 g/mol. The van der Waals surface area contributed by atoms with Gasteiger partial charge < -0.3 is 18.9 Å². The smallest absolute Gasteiger partial charge is 0.432 e. The fraction of sp³-hybridized carbons (Fsp3) is 0.750. The number of aromatic amines is 1. The number of nitrogens with zero attached hydrogens (tertiary/aromatic N) is 1. The van der Waals surface area contributed by atoms with Crippen molar-refractivity contribution in [3.05, 3.63) is 11.8 Å². The van der Waals surface area contributed by atoms with Gasteiger partial charge in [0.25, 0.3) is 0 Å². The van der Waals surface area contributed by atoms with E-state index in [9.17, 15) is 18.0 Å². The standard InChI is InChI=1S/C16H21F3N2O5/c1-2-23-13(22)14(3-5-15(6-4-14)25-7-8-26-15)10-24-12-9-11(20-21-12)16(17,18)19/h9H,2-8,10H2,1H3,(H,20,21). The molecule has 0 radical (unpaired) electrons. The number of H-pyrrole nitrogens is 1. The summed E-state index contributed by atoms with van der Waals surface area (Å²) in [7, 11) is 0. The predicted molar refractivity (Wildman–Crippen MR) is 81.3 cm³/mol. The van der Waals surface area contributed by atoms with E-state index in [0.717, 1.165) is 6.07 Å². The van der Waals surface area contributed by atoms with E-state index >= 15 is 0 Å². The van der Waals surface area contributed by atoms with E-state index in [1.807, 2.05) is 5.10 Å². The van der Waals surface area contributed by atoms with Gasteiger partial charge in [-0.2, -0.15) is 13.2 Å². The first-order valence-corrected chi connectivity index (χ1v) is 8.49. The minimum Gasteiger partial charge on any atom is -0.475 e. The summed E-state index contributed by atoms with van der Waals surface area (Å²) in [6.45, 7) is 2.81. The molecule has 2 fully saturated rings. The Morgan fingerprint density at radius 1 is 1.27 bits per heavy atom. The molecule has 0 aromatic carbocycles. The second kappa shape index (κ2) is 7.07. The molecule has 1 N–H and O–H groups in total. The van der Waals surface area contributed by atoms with Gasteiger partial charge in [-0.25, -0.2) is 0 Å². The summed E-state index contributed by atoms with van der Waals surface area (Å²) >= 11 is 0. The van der Waals surface area contributed by atoms with Crippen molar-refractivity contribution in [1.82, 2.24) is 10.2 Å². The minimum absolute atomic E-state index is 0.121. The number of halogens is 3. The number of ether oxygens (including phenoxy) is 4. The highest BCUT2D eigenvalue weighted by Crippen LogP contribution is 2.45. The van der Waals surface area contributed by atoms with Crippen LogP contribution in [0.2, 0.25) is 0 Å². The van der Waals surface area contributed by atoms with Crippen LogP contribution in [-0.4, -0.2) is 48.4 Å². The fourth-order valence-corrected chi connectivity index (χ4v) is 3.32. The molecule has 0 bridgehead atoms. The summed E-state index contributed by atoms with van der Waals surface area (Å²) in [4.78, 5) is 12.5. The highest BCUT2D eigenvalue weighted by Gasteiger charge is 2.51. The highest BCUT2D eigenvalue weighted by molar-refractivity contribution is 5.77. The van der Waals surface area contributed by atoms with Crippen molar-refractivity contribution in [2.75, 3.05) is 26.4 Å². The van der Waals surface area contributed by atoms with E-state index in [4.69, 9.17) is 18.9 Å². The van der Waals surface area contributed by atoms with Gasteiger partial charge in [0.05, 0.1) is 19.8 Å². The Bertz CT molecular complexity index is 630. The average Bonchev–Trinajstić information content (AvgIpc) is 3.25. The summed E-state index contributed by atoms with van der Waals surface area (Å²) in [5.41, 5.74) is -1.97. The van der Waals surface area contributed by atoms with E-state index in [0.29, 0.717) is 38.9 Å². The molecular weight excluding hydrogens is 357 g/mol. The lowest BCUT2D eigenvalue weighted by Gasteiger charge is -2.41. The predicted octanol–water partition coefficient (Wildman–Crippen LogP) is 2.67. The second-order valence-corrected chi connectivity index (χ2v) is 6.51. The fourth-order valence-electron chi connectivity index (χ4n) is 3.32. The van der Waals surface area contributed by atoms with Crippen molar-refractivity contribution in [3.63, 3.8) is 0 Å². The third kappa shape index (κ3) is 3.80. The second-order valence-electron chi connectivity index (χ2n) is 6.51. The molecule has 1 aromatic rings. The van der Waals surface area contributed by atoms with Gasteiger partial charge in [0.2, 0.25) is 5.88 Å². The molecule has 1 aliphatic heterocycles. The molecular formula is C16H21F3N2O5. The molecule has 146 valence electrons. The molecule has 26 heavy (non-hydrogen) atoms. The number of carbonyl (C=O) groups is 1. The zero-order chi connectivity index (χ0) is 18.8. The molecule has 0 amide bonds. The average molecular weight is 378 g/mol. The van der Waals surface area contributed by atoms with Crippen LogP contribution in [0.25, 0.3) is 0 Å². The summed E-state index contributed by atoms with van der Waals surface area (Å²) in [6.07, 6.45) is -2.78. The van der Waals surface area contributed by atoms with Gasteiger partial charge >= 0.3 is 12.1 Å². The van der Waals surface area contributed by atoms with E-state index in [2.05, 4.69) is 5.10 Å². The number of carbonyl (C=O) groups excluding carboxylic acids is 1. The highest BCUT2D eigenvalue weighted by atomic mass is 19.4. The van der Waals surface area contributed by atoms with Gasteiger partial charge in [-0.1, -0.05) is 0 Å². The molecule has 0 unspecified atom stereocenters. The van der Waals surface area contributed by atoms with Crippen LogP contribution in [0.15, 0.2) is 6.07 Å².